The molecule has 0 aromatic rings. The Balaban J connectivity index is 0.00000288. The van der Waals surface area contributed by atoms with Crippen molar-refractivity contribution in [3.63, 3.8) is 0 Å². The maximum absolute atomic E-state index is 9.94. The van der Waals surface area contributed by atoms with Gasteiger partial charge in [0.25, 0.3) is 0 Å². The standard InChI is InChI=1S/C12H22O11.H2O/c13-1-3-5(15)6(16)9(19)12(22-3)23-10-4(2-14)21-11(20)8(18)7(10)17;/h3-20H,1-2H2;1H2/t3-,4-,5-,6+,7-,8-,9-,10-,11-,12-;/m1./s1. The molecule has 2 aliphatic rings. The van der Waals surface area contributed by atoms with Gasteiger partial charge in [0.1, 0.15) is 48.8 Å². The van der Waals surface area contributed by atoms with E-state index in [0.717, 1.165) is 0 Å². The molecule has 12 nitrogen and oxygen atoms in total. The molecular weight excluding hydrogens is 336 g/mol. The molecule has 0 bridgehead atoms. The predicted molar refractivity (Wildman–Crippen MR) is 72.2 cm³/mol. The summed E-state index contributed by atoms with van der Waals surface area (Å²) in [4.78, 5) is 0. The monoisotopic (exact) mass is 360 g/mol. The van der Waals surface area contributed by atoms with Gasteiger partial charge in [-0.1, -0.05) is 0 Å². The number of hydrogen-bond donors (Lipinski definition) is 8. The van der Waals surface area contributed by atoms with Crippen molar-refractivity contribution in [2.45, 2.75) is 61.4 Å². The first-order valence-electron chi connectivity index (χ1n) is 7.08. The van der Waals surface area contributed by atoms with Crippen LogP contribution in [0.5, 0.6) is 0 Å². The third-order valence-electron chi connectivity index (χ3n) is 3.98. The van der Waals surface area contributed by atoms with Crippen molar-refractivity contribution in [3.8, 4) is 0 Å². The number of aliphatic hydroxyl groups excluding tert-OH is 8. The van der Waals surface area contributed by atoms with Crippen molar-refractivity contribution in [3.05, 3.63) is 0 Å². The Labute approximate surface area is 136 Å². The molecule has 2 fully saturated rings. The van der Waals surface area contributed by atoms with Gasteiger partial charge in [-0.25, -0.2) is 0 Å². The lowest BCUT2D eigenvalue weighted by Gasteiger charge is -2.45. The van der Waals surface area contributed by atoms with Crippen molar-refractivity contribution in [1.82, 2.24) is 0 Å². The van der Waals surface area contributed by atoms with Crippen molar-refractivity contribution in [1.29, 1.82) is 0 Å². The molecule has 10 N–H and O–H groups in total. The second-order valence-corrected chi connectivity index (χ2v) is 5.53. The van der Waals surface area contributed by atoms with Gasteiger partial charge in [-0.3, -0.25) is 0 Å². The fraction of sp³-hybridized carbons (Fsp3) is 1.00. The number of hydrogen-bond acceptors (Lipinski definition) is 11. The van der Waals surface area contributed by atoms with E-state index >= 15 is 0 Å². The van der Waals surface area contributed by atoms with E-state index in [1.54, 1.807) is 0 Å². The Morgan fingerprint density at radius 2 is 1.25 bits per heavy atom. The van der Waals surface area contributed by atoms with E-state index in [1.165, 1.54) is 0 Å². The molecule has 0 amide bonds. The van der Waals surface area contributed by atoms with Crippen molar-refractivity contribution in [2.75, 3.05) is 13.2 Å². The van der Waals surface area contributed by atoms with Crippen molar-refractivity contribution >= 4 is 0 Å². The van der Waals surface area contributed by atoms with Gasteiger partial charge in [0.05, 0.1) is 13.2 Å². The first-order chi connectivity index (χ1) is 10.8. The summed E-state index contributed by atoms with van der Waals surface area (Å²) in [5.41, 5.74) is 0. The lowest BCUT2D eigenvalue weighted by Crippen LogP contribution is -2.64. The van der Waals surface area contributed by atoms with Gasteiger partial charge < -0.3 is 60.5 Å². The predicted octanol–water partition coefficient (Wildman–Crippen LogP) is -6.22. The van der Waals surface area contributed by atoms with Crippen LogP contribution in [0.4, 0.5) is 0 Å². The zero-order chi connectivity index (χ0) is 17.3. The number of rotatable bonds is 4. The SMILES string of the molecule is O.OC[C@H]1O[C@H](O[C@H]2[C@H](O)[C@@H](O)[C@H](O)O[C@@H]2CO)[C@H](O)[C@@H](O)[C@@H]1O. The van der Waals surface area contributed by atoms with Crippen LogP contribution in [0, 0.1) is 0 Å². The molecule has 0 aromatic carbocycles. The summed E-state index contributed by atoms with van der Waals surface area (Å²) >= 11 is 0. The normalized spacial score (nSPS) is 49.5. The molecule has 0 radical (unpaired) electrons. The first kappa shape index (κ1) is 21.6. The smallest absolute Gasteiger partial charge is 0.187 e. The maximum Gasteiger partial charge on any atom is 0.187 e. The summed E-state index contributed by atoms with van der Waals surface area (Å²) in [6.45, 7) is -1.35. The van der Waals surface area contributed by atoms with Gasteiger partial charge in [-0.15, -0.1) is 0 Å². The fourth-order valence-corrected chi connectivity index (χ4v) is 2.57. The number of ether oxygens (including phenoxy) is 3. The van der Waals surface area contributed by atoms with Crippen LogP contribution in [-0.2, 0) is 14.2 Å². The Kier molecular flexibility index (Phi) is 7.86. The molecule has 12 heteroatoms. The quantitative estimate of drug-likeness (QED) is 0.235. The summed E-state index contributed by atoms with van der Waals surface area (Å²) in [7, 11) is 0. The van der Waals surface area contributed by atoms with Crippen molar-refractivity contribution in [2.24, 2.45) is 0 Å². The van der Waals surface area contributed by atoms with Crippen molar-refractivity contribution < 1.29 is 60.5 Å². The lowest BCUT2D eigenvalue weighted by atomic mass is 9.97. The highest BCUT2D eigenvalue weighted by atomic mass is 16.7. The Morgan fingerprint density at radius 1 is 0.667 bits per heavy atom. The van der Waals surface area contributed by atoms with Gasteiger partial charge in [0.2, 0.25) is 0 Å². The van der Waals surface area contributed by atoms with E-state index in [0.29, 0.717) is 0 Å². The molecule has 0 saturated carbocycles. The maximum atomic E-state index is 9.94. The fourth-order valence-electron chi connectivity index (χ4n) is 2.57. The van der Waals surface area contributed by atoms with E-state index in [1.807, 2.05) is 0 Å². The van der Waals surface area contributed by atoms with Gasteiger partial charge in [-0.2, -0.15) is 0 Å². The second kappa shape index (κ2) is 8.75. The zero-order valence-electron chi connectivity index (χ0n) is 12.5. The average molecular weight is 360 g/mol. The number of aliphatic hydroxyl groups is 8. The molecule has 24 heavy (non-hydrogen) atoms. The van der Waals surface area contributed by atoms with Crippen LogP contribution >= 0.6 is 0 Å². The van der Waals surface area contributed by atoms with Gasteiger partial charge >= 0.3 is 0 Å². The van der Waals surface area contributed by atoms with Crippen LogP contribution in [-0.4, -0.2) is 121 Å². The minimum absolute atomic E-state index is 0. The molecular formula is C12H24O12. The van der Waals surface area contributed by atoms with E-state index in [2.05, 4.69) is 0 Å². The molecule has 0 aromatic heterocycles. The Bertz CT molecular complexity index is 379. The summed E-state index contributed by atoms with van der Waals surface area (Å²) < 4.78 is 15.3. The van der Waals surface area contributed by atoms with Crippen LogP contribution in [0.1, 0.15) is 0 Å². The van der Waals surface area contributed by atoms with E-state index in [-0.39, 0.29) is 5.48 Å². The van der Waals surface area contributed by atoms with Crippen LogP contribution < -0.4 is 0 Å². The minimum Gasteiger partial charge on any atom is -0.412 e. The molecule has 10 atom stereocenters. The Morgan fingerprint density at radius 3 is 1.79 bits per heavy atom. The van der Waals surface area contributed by atoms with Crippen LogP contribution in [0.25, 0.3) is 0 Å². The third kappa shape index (κ3) is 4.01. The highest BCUT2D eigenvalue weighted by Gasteiger charge is 2.50. The summed E-state index contributed by atoms with van der Waals surface area (Å²) in [6.07, 6.45) is -15.6. The first-order valence-corrected chi connectivity index (χ1v) is 7.08. The third-order valence-corrected chi connectivity index (χ3v) is 3.98. The molecule has 2 aliphatic heterocycles. The average Bonchev–Trinajstić information content (AvgIpc) is 2.55. The topological polar surface area (TPSA) is 221 Å². The summed E-state index contributed by atoms with van der Waals surface area (Å²) in [5, 5.41) is 76.5. The Hall–Kier alpha value is -0.480. The van der Waals surface area contributed by atoms with Gasteiger partial charge in [-0.05, 0) is 0 Å². The molecule has 2 heterocycles. The van der Waals surface area contributed by atoms with E-state index in [4.69, 9.17) is 19.3 Å². The summed E-state index contributed by atoms with van der Waals surface area (Å²) in [5.74, 6) is 0. The zero-order valence-corrected chi connectivity index (χ0v) is 12.5. The molecule has 2 saturated heterocycles. The van der Waals surface area contributed by atoms with E-state index in [9.17, 15) is 35.7 Å². The van der Waals surface area contributed by atoms with Gasteiger partial charge in [0, 0.05) is 0 Å². The van der Waals surface area contributed by atoms with Crippen LogP contribution in [0.3, 0.4) is 0 Å². The molecule has 0 aliphatic carbocycles. The highest BCUT2D eigenvalue weighted by Crippen LogP contribution is 2.28. The molecule has 0 unspecified atom stereocenters. The molecule has 144 valence electrons. The van der Waals surface area contributed by atoms with Gasteiger partial charge in [0.15, 0.2) is 12.6 Å². The second-order valence-electron chi connectivity index (χ2n) is 5.53. The van der Waals surface area contributed by atoms with E-state index < -0.39 is 74.6 Å². The van der Waals surface area contributed by atoms with Crippen LogP contribution in [0.15, 0.2) is 0 Å². The lowest BCUT2D eigenvalue weighted by molar-refractivity contribution is -0.355. The van der Waals surface area contributed by atoms with Crippen LogP contribution in [0.2, 0.25) is 0 Å². The highest BCUT2D eigenvalue weighted by molar-refractivity contribution is 4.93. The largest absolute Gasteiger partial charge is 0.412 e. The minimum atomic E-state index is -1.74. The molecule has 2 rings (SSSR count). The summed E-state index contributed by atoms with van der Waals surface area (Å²) in [6, 6.07) is 0. The molecule has 0 spiro atoms.